The van der Waals surface area contributed by atoms with E-state index >= 15 is 0 Å². The van der Waals surface area contributed by atoms with Crippen molar-refractivity contribution >= 4 is 17.7 Å². The molecule has 4 aliphatic rings. The Morgan fingerprint density at radius 2 is 1.82 bits per heavy atom. The Bertz CT molecular complexity index is 719. The number of aliphatic hydroxyl groups is 1. The van der Waals surface area contributed by atoms with E-state index in [9.17, 15) is 23.1 Å². The summed E-state index contributed by atoms with van der Waals surface area (Å²) in [6, 6.07) is 0. The Morgan fingerprint density at radius 3 is 2.36 bits per heavy atom. The Morgan fingerprint density at radius 1 is 1.25 bits per heavy atom. The summed E-state index contributed by atoms with van der Waals surface area (Å²) < 4.78 is 41.8. The maximum Gasteiger partial charge on any atom is 0.491 e. The zero-order chi connectivity index (χ0) is 20.1. The summed E-state index contributed by atoms with van der Waals surface area (Å²) in [5.41, 5.74) is -0.0168. The molecular formula is C17H23F3N4O3S. The number of hydrogen-bond donors (Lipinski definition) is 2. The van der Waals surface area contributed by atoms with Crippen molar-refractivity contribution in [2.45, 2.75) is 68.0 Å². The predicted octanol–water partition coefficient (Wildman–Crippen LogP) is 2.37. The molecule has 0 saturated heterocycles. The smallest absolute Gasteiger partial charge is 0.429 e. The summed E-state index contributed by atoms with van der Waals surface area (Å²) in [5, 5.41) is 18.4. The quantitative estimate of drug-likeness (QED) is 0.315. The number of aliphatic hydroxyl groups excluding tert-OH is 1. The van der Waals surface area contributed by atoms with Gasteiger partial charge >= 0.3 is 12.1 Å². The molecule has 0 spiro atoms. The minimum absolute atomic E-state index is 0.0168. The first-order chi connectivity index (χ1) is 13.2. The Hall–Kier alpha value is -1.49. The number of nitrogen functional groups attached to an aromatic ring is 1. The van der Waals surface area contributed by atoms with Gasteiger partial charge in [0.1, 0.15) is 0 Å². The molecule has 0 aliphatic heterocycles. The topological polar surface area (TPSA) is 103 Å². The zero-order valence-corrected chi connectivity index (χ0v) is 16.0. The Kier molecular flexibility index (Phi) is 5.01. The summed E-state index contributed by atoms with van der Waals surface area (Å²) in [4.78, 5) is 10.7. The van der Waals surface area contributed by atoms with E-state index in [1.54, 1.807) is 0 Å². The molecule has 1 atom stereocenters. The van der Waals surface area contributed by atoms with Crippen molar-refractivity contribution in [1.82, 2.24) is 14.9 Å². The van der Waals surface area contributed by atoms with Gasteiger partial charge in [-0.1, -0.05) is 11.8 Å². The molecule has 1 aromatic heterocycles. The molecule has 7 nitrogen and oxygen atoms in total. The van der Waals surface area contributed by atoms with Crippen molar-refractivity contribution in [2.24, 2.45) is 17.8 Å². The highest BCUT2D eigenvalue weighted by Gasteiger charge is 2.54. The number of carbonyl (C=O) groups is 1. The largest absolute Gasteiger partial charge is 0.491 e. The number of carbonyl (C=O) groups excluding carboxylic acids is 1. The molecule has 0 amide bonds. The number of nitrogens with zero attached hydrogens (tertiary/aromatic N) is 3. The molecular weight excluding hydrogens is 397 g/mol. The minimum Gasteiger partial charge on any atom is -0.429 e. The lowest BCUT2D eigenvalue weighted by molar-refractivity contribution is -0.219. The van der Waals surface area contributed by atoms with Gasteiger partial charge in [-0.15, -0.1) is 10.2 Å². The molecule has 5 rings (SSSR count). The van der Waals surface area contributed by atoms with Crippen molar-refractivity contribution in [2.75, 3.05) is 11.6 Å². The maximum absolute atomic E-state index is 12.1. The van der Waals surface area contributed by atoms with Gasteiger partial charge in [0.05, 0.1) is 0 Å². The van der Waals surface area contributed by atoms with Gasteiger partial charge in [-0.25, -0.2) is 9.47 Å². The number of thioether (sulfide) groups is 1. The summed E-state index contributed by atoms with van der Waals surface area (Å²) in [6.07, 6.45) is 0.0283. The lowest BCUT2D eigenvalue weighted by Gasteiger charge is -2.55. The van der Waals surface area contributed by atoms with Crippen LogP contribution < -0.4 is 5.84 Å². The molecule has 3 N–H and O–H groups in total. The van der Waals surface area contributed by atoms with E-state index in [-0.39, 0.29) is 17.6 Å². The molecule has 1 aromatic rings. The molecule has 11 heteroatoms. The second-order valence-electron chi connectivity index (χ2n) is 8.37. The van der Waals surface area contributed by atoms with Crippen LogP contribution in [0.1, 0.15) is 50.8 Å². The molecule has 156 valence electrons. The standard InChI is InChI=1S/C17H23F3N4O3S/c18-17(19,20)14(26)27-12(25)1-2-28-15-23-22-13(24(15)21)16-6-9-3-10(7-16)5-11(4-9)8-16/h9-12,25H,1-8,21H2. The van der Waals surface area contributed by atoms with Crippen LogP contribution in [0, 0.1) is 17.8 Å². The second kappa shape index (κ2) is 7.08. The van der Waals surface area contributed by atoms with E-state index in [1.165, 1.54) is 35.7 Å². The number of aromatic nitrogens is 3. The zero-order valence-electron chi connectivity index (χ0n) is 15.2. The number of alkyl halides is 3. The van der Waals surface area contributed by atoms with Gasteiger partial charge in [0.2, 0.25) is 11.4 Å². The lowest BCUT2D eigenvalue weighted by atomic mass is 9.49. The van der Waals surface area contributed by atoms with E-state index in [2.05, 4.69) is 14.9 Å². The number of esters is 1. The fourth-order valence-electron chi connectivity index (χ4n) is 5.62. The number of rotatable bonds is 6. The highest BCUT2D eigenvalue weighted by molar-refractivity contribution is 7.99. The van der Waals surface area contributed by atoms with Gasteiger partial charge in [-0.05, 0) is 56.3 Å². The van der Waals surface area contributed by atoms with Gasteiger partial charge in [-0.2, -0.15) is 13.2 Å². The molecule has 0 aromatic carbocycles. The van der Waals surface area contributed by atoms with E-state index in [0.717, 1.165) is 42.8 Å². The minimum atomic E-state index is -5.13. The van der Waals surface area contributed by atoms with Crippen LogP contribution in [0.5, 0.6) is 0 Å². The van der Waals surface area contributed by atoms with Gasteiger partial charge in [0.15, 0.2) is 5.82 Å². The van der Waals surface area contributed by atoms with Gasteiger partial charge in [0, 0.05) is 17.6 Å². The Balaban J connectivity index is 1.35. The van der Waals surface area contributed by atoms with Crippen LogP contribution >= 0.6 is 11.8 Å². The first kappa shape index (κ1) is 19.8. The van der Waals surface area contributed by atoms with Crippen LogP contribution in [-0.4, -0.2) is 44.2 Å². The molecule has 0 radical (unpaired) electrons. The number of halogens is 3. The fourth-order valence-corrected chi connectivity index (χ4v) is 6.45. The summed E-state index contributed by atoms with van der Waals surface area (Å²) >= 11 is 1.17. The van der Waals surface area contributed by atoms with Crippen molar-refractivity contribution in [1.29, 1.82) is 0 Å². The third-order valence-electron chi connectivity index (χ3n) is 6.25. The fraction of sp³-hybridized carbons (Fsp3) is 0.824. The lowest BCUT2D eigenvalue weighted by Crippen LogP contribution is -2.50. The first-order valence-electron chi connectivity index (χ1n) is 9.46. The molecule has 4 saturated carbocycles. The monoisotopic (exact) mass is 420 g/mol. The average molecular weight is 420 g/mol. The van der Waals surface area contributed by atoms with Crippen molar-refractivity contribution < 1.29 is 27.8 Å². The van der Waals surface area contributed by atoms with Crippen LogP contribution in [0.3, 0.4) is 0 Å². The highest BCUT2D eigenvalue weighted by Crippen LogP contribution is 2.60. The molecule has 1 heterocycles. The van der Waals surface area contributed by atoms with Crippen LogP contribution in [0.25, 0.3) is 0 Å². The van der Waals surface area contributed by atoms with E-state index in [1.807, 2.05) is 0 Å². The van der Waals surface area contributed by atoms with Crippen LogP contribution in [0.2, 0.25) is 0 Å². The number of ether oxygens (including phenoxy) is 1. The summed E-state index contributed by atoms with van der Waals surface area (Å²) in [5.74, 6) is 7.02. The third kappa shape index (κ3) is 3.70. The molecule has 4 fully saturated rings. The molecule has 28 heavy (non-hydrogen) atoms. The first-order valence-corrected chi connectivity index (χ1v) is 10.4. The number of hydrogen-bond acceptors (Lipinski definition) is 7. The molecule has 4 aliphatic carbocycles. The highest BCUT2D eigenvalue weighted by atomic mass is 32.2. The van der Waals surface area contributed by atoms with E-state index < -0.39 is 18.4 Å². The summed E-state index contributed by atoms with van der Waals surface area (Å²) in [6.45, 7) is 0. The normalized spacial score (nSPS) is 32.5. The number of nitrogens with two attached hydrogens (primary N) is 1. The van der Waals surface area contributed by atoms with E-state index in [4.69, 9.17) is 5.84 Å². The second-order valence-corrected chi connectivity index (χ2v) is 9.43. The van der Waals surface area contributed by atoms with Crippen LogP contribution in [-0.2, 0) is 14.9 Å². The predicted molar refractivity (Wildman–Crippen MR) is 93.5 cm³/mol. The Labute approximate surface area is 164 Å². The SMILES string of the molecule is Nn1c(SCCC(O)OC(=O)C(F)(F)F)nnc1C12CC3CC(CC(C3)C1)C2. The maximum atomic E-state index is 12.1. The van der Waals surface area contributed by atoms with Crippen LogP contribution in [0.4, 0.5) is 13.2 Å². The summed E-state index contributed by atoms with van der Waals surface area (Å²) in [7, 11) is 0. The van der Waals surface area contributed by atoms with Gasteiger partial charge < -0.3 is 15.7 Å². The van der Waals surface area contributed by atoms with Crippen molar-refractivity contribution in [3.05, 3.63) is 5.82 Å². The molecule has 4 bridgehead atoms. The average Bonchev–Trinajstić information content (AvgIpc) is 2.94. The van der Waals surface area contributed by atoms with Crippen LogP contribution in [0.15, 0.2) is 5.16 Å². The van der Waals surface area contributed by atoms with Gasteiger partial charge in [-0.3, -0.25) is 0 Å². The third-order valence-corrected chi connectivity index (χ3v) is 7.22. The van der Waals surface area contributed by atoms with Crippen molar-refractivity contribution in [3.8, 4) is 0 Å². The van der Waals surface area contributed by atoms with E-state index in [0.29, 0.717) is 5.16 Å². The van der Waals surface area contributed by atoms with Gasteiger partial charge in [0.25, 0.3) is 0 Å². The van der Waals surface area contributed by atoms with Crippen molar-refractivity contribution in [3.63, 3.8) is 0 Å². The molecule has 1 unspecified atom stereocenters.